The maximum Gasteiger partial charge on any atom is 0.138 e. The Morgan fingerprint density at radius 2 is 2.09 bits per heavy atom. The van der Waals surface area contributed by atoms with Gasteiger partial charge in [0.15, 0.2) is 0 Å². The number of nitrogens with zero attached hydrogens (tertiary/aromatic N) is 3. The molecular formula is C16H22ClN3O2. The first-order valence-corrected chi connectivity index (χ1v) is 8.17. The Hall–Kier alpha value is -1.14. The summed E-state index contributed by atoms with van der Waals surface area (Å²) in [6.07, 6.45) is 0.433. The third kappa shape index (κ3) is 3.43. The fourth-order valence-corrected chi connectivity index (χ4v) is 3.12. The van der Waals surface area contributed by atoms with Crippen molar-refractivity contribution >= 4 is 22.6 Å². The van der Waals surface area contributed by atoms with Crippen LogP contribution in [0.2, 0.25) is 5.02 Å². The zero-order valence-electron chi connectivity index (χ0n) is 12.8. The van der Waals surface area contributed by atoms with Crippen LogP contribution in [0.3, 0.4) is 0 Å². The minimum Gasteiger partial charge on any atom is -0.385 e. The van der Waals surface area contributed by atoms with E-state index in [4.69, 9.17) is 16.3 Å². The number of halogens is 1. The smallest absolute Gasteiger partial charge is 0.138 e. The van der Waals surface area contributed by atoms with Crippen molar-refractivity contribution in [2.45, 2.75) is 26.0 Å². The Bertz CT molecular complexity index is 636. The third-order valence-corrected chi connectivity index (χ3v) is 4.31. The molecule has 2 heterocycles. The first kappa shape index (κ1) is 15.7. The van der Waals surface area contributed by atoms with Gasteiger partial charge in [-0.15, -0.1) is 0 Å². The molecule has 2 aromatic rings. The minimum atomic E-state index is -0.588. The van der Waals surface area contributed by atoms with Crippen LogP contribution >= 0.6 is 11.6 Å². The Kier molecular flexibility index (Phi) is 4.98. The molecule has 0 spiro atoms. The normalized spacial score (nSPS) is 18.0. The predicted molar refractivity (Wildman–Crippen MR) is 87.3 cm³/mol. The lowest BCUT2D eigenvalue weighted by molar-refractivity contribution is 0.0369. The van der Waals surface area contributed by atoms with Crippen molar-refractivity contribution in [1.29, 1.82) is 0 Å². The van der Waals surface area contributed by atoms with Gasteiger partial charge in [0.05, 0.1) is 24.2 Å². The van der Waals surface area contributed by atoms with Gasteiger partial charge in [-0.2, -0.15) is 0 Å². The van der Waals surface area contributed by atoms with Crippen LogP contribution in [0.1, 0.15) is 25.3 Å². The van der Waals surface area contributed by atoms with Crippen LogP contribution in [0.15, 0.2) is 18.2 Å². The molecule has 0 amide bonds. The Balaban J connectivity index is 1.74. The van der Waals surface area contributed by atoms with Crippen molar-refractivity contribution in [1.82, 2.24) is 14.5 Å². The van der Waals surface area contributed by atoms with Crippen molar-refractivity contribution < 1.29 is 9.84 Å². The van der Waals surface area contributed by atoms with Gasteiger partial charge in [-0.3, -0.25) is 4.90 Å². The summed E-state index contributed by atoms with van der Waals surface area (Å²) in [5.41, 5.74) is 1.87. The summed E-state index contributed by atoms with van der Waals surface area (Å²) < 4.78 is 7.48. The molecule has 0 radical (unpaired) electrons. The number of ether oxygens (including phenoxy) is 1. The largest absolute Gasteiger partial charge is 0.385 e. The second-order valence-electron chi connectivity index (χ2n) is 5.74. The van der Waals surface area contributed by atoms with Crippen molar-refractivity contribution in [3.63, 3.8) is 0 Å². The van der Waals surface area contributed by atoms with E-state index in [0.29, 0.717) is 10.8 Å². The van der Waals surface area contributed by atoms with E-state index in [2.05, 4.69) is 14.5 Å². The molecule has 3 rings (SSSR count). The summed E-state index contributed by atoms with van der Waals surface area (Å²) >= 11 is 6.04. The standard InChI is InChI=1S/C16H22ClN3O2/c1-12(21)16-18-14-11-13(17)3-4-15(14)20(16)6-2-5-19-7-9-22-10-8-19/h3-4,11-12,21H,2,5-10H2,1H3. The quantitative estimate of drug-likeness (QED) is 0.918. The van der Waals surface area contributed by atoms with Crippen molar-refractivity contribution in [2.24, 2.45) is 0 Å². The number of aliphatic hydroxyl groups is 1. The number of aromatic nitrogens is 2. The highest BCUT2D eigenvalue weighted by Crippen LogP contribution is 2.24. The van der Waals surface area contributed by atoms with Gasteiger partial charge in [-0.1, -0.05) is 11.6 Å². The van der Waals surface area contributed by atoms with Crippen LogP contribution in [-0.4, -0.2) is 52.4 Å². The summed E-state index contributed by atoms with van der Waals surface area (Å²) in [6, 6.07) is 5.70. The maximum atomic E-state index is 9.98. The number of morpholine rings is 1. The van der Waals surface area contributed by atoms with E-state index >= 15 is 0 Å². The fourth-order valence-electron chi connectivity index (χ4n) is 2.95. The SMILES string of the molecule is CC(O)c1nc2cc(Cl)ccc2n1CCCN1CCOCC1. The van der Waals surface area contributed by atoms with Crippen LogP contribution in [-0.2, 0) is 11.3 Å². The first-order chi connectivity index (χ1) is 10.6. The van der Waals surface area contributed by atoms with Crippen LogP contribution < -0.4 is 0 Å². The molecule has 6 heteroatoms. The number of hydrogen-bond acceptors (Lipinski definition) is 4. The molecule has 1 aromatic heterocycles. The number of rotatable bonds is 5. The van der Waals surface area contributed by atoms with Crippen LogP contribution in [0.5, 0.6) is 0 Å². The van der Waals surface area contributed by atoms with Crippen molar-refractivity contribution in [3.05, 3.63) is 29.0 Å². The number of fused-ring (bicyclic) bond motifs is 1. The molecule has 5 nitrogen and oxygen atoms in total. The highest BCUT2D eigenvalue weighted by Gasteiger charge is 2.16. The van der Waals surface area contributed by atoms with E-state index in [1.807, 2.05) is 18.2 Å². The van der Waals surface area contributed by atoms with Gasteiger partial charge in [0.25, 0.3) is 0 Å². The van der Waals surface area contributed by atoms with Gasteiger partial charge < -0.3 is 14.4 Å². The average molecular weight is 324 g/mol. The van der Waals surface area contributed by atoms with Crippen LogP contribution in [0, 0.1) is 0 Å². The van der Waals surface area contributed by atoms with E-state index in [-0.39, 0.29) is 0 Å². The lowest BCUT2D eigenvalue weighted by atomic mass is 10.3. The summed E-state index contributed by atoms with van der Waals surface area (Å²) in [5, 5.41) is 10.6. The van der Waals surface area contributed by atoms with Gasteiger partial charge in [0, 0.05) is 31.2 Å². The van der Waals surface area contributed by atoms with Gasteiger partial charge in [-0.25, -0.2) is 4.98 Å². The Labute approximate surface area is 135 Å². The molecular weight excluding hydrogens is 302 g/mol. The second-order valence-corrected chi connectivity index (χ2v) is 6.17. The molecule has 1 aliphatic heterocycles. The van der Waals surface area contributed by atoms with E-state index in [1.54, 1.807) is 6.92 Å². The minimum absolute atomic E-state index is 0.588. The van der Waals surface area contributed by atoms with E-state index in [9.17, 15) is 5.11 Å². The topological polar surface area (TPSA) is 50.5 Å². The van der Waals surface area contributed by atoms with Gasteiger partial charge in [-0.05, 0) is 31.5 Å². The number of benzene rings is 1. The third-order valence-electron chi connectivity index (χ3n) is 4.07. The van der Waals surface area contributed by atoms with E-state index in [1.165, 1.54) is 0 Å². The molecule has 120 valence electrons. The van der Waals surface area contributed by atoms with Gasteiger partial charge in [0.2, 0.25) is 0 Å². The summed E-state index contributed by atoms with van der Waals surface area (Å²) in [7, 11) is 0. The predicted octanol–water partition coefficient (Wildman–Crippen LogP) is 2.47. The molecule has 0 bridgehead atoms. The Morgan fingerprint density at radius 3 is 2.82 bits per heavy atom. The number of aliphatic hydroxyl groups excluding tert-OH is 1. The molecule has 1 aromatic carbocycles. The Morgan fingerprint density at radius 1 is 1.32 bits per heavy atom. The van der Waals surface area contributed by atoms with Crippen molar-refractivity contribution in [2.75, 3.05) is 32.8 Å². The van der Waals surface area contributed by atoms with E-state index in [0.717, 1.165) is 56.8 Å². The maximum absolute atomic E-state index is 9.98. The zero-order chi connectivity index (χ0) is 15.5. The molecule has 1 N–H and O–H groups in total. The van der Waals surface area contributed by atoms with Crippen LogP contribution in [0.25, 0.3) is 11.0 Å². The zero-order valence-corrected chi connectivity index (χ0v) is 13.6. The molecule has 1 atom stereocenters. The van der Waals surface area contributed by atoms with Crippen LogP contribution in [0.4, 0.5) is 0 Å². The fraction of sp³-hybridized carbons (Fsp3) is 0.562. The van der Waals surface area contributed by atoms with Gasteiger partial charge >= 0.3 is 0 Å². The summed E-state index contributed by atoms with van der Waals surface area (Å²) in [5.74, 6) is 0.708. The second kappa shape index (κ2) is 6.96. The number of aryl methyl sites for hydroxylation is 1. The monoisotopic (exact) mass is 323 g/mol. The highest BCUT2D eigenvalue weighted by atomic mass is 35.5. The van der Waals surface area contributed by atoms with Crippen molar-refractivity contribution in [3.8, 4) is 0 Å². The summed E-state index contributed by atoms with van der Waals surface area (Å²) in [4.78, 5) is 6.95. The lowest BCUT2D eigenvalue weighted by Gasteiger charge is -2.26. The molecule has 22 heavy (non-hydrogen) atoms. The van der Waals surface area contributed by atoms with Gasteiger partial charge in [0.1, 0.15) is 11.9 Å². The molecule has 0 saturated carbocycles. The van der Waals surface area contributed by atoms with E-state index < -0.39 is 6.10 Å². The lowest BCUT2D eigenvalue weighted by Crippen LogP contribution is -2.37. The number of hydrogen-bond donors (Lipinski definition) is 1. The average Bonchev–Trinajstić information content (AvgIpc) is 2.86. The number of imidazole rings is 1. The molecule has 1 unspecified atom stereocenters. The first-order valence-electron chi connectivity index (χ1n) is 7.79. The highest BCUT2D eigenvalue weighted by molar-refractivity contribution is 6.31. The molecule has 1 aliphatic rings. The molecule has 0 aliphatic carbocycles. The summed E-state index contributed by atoms with van der Waals surface area (Å²) in [6.45, 7) is 7.29. The molecule has 1 fully saturated rings. The molecule has 1 saturated heterocycles.